The largest absolute Gasteiger partial charge is 0.507 e. The van der Waals surface area contributed by atoms with E-state index >= 15 is 0 Å². The molecule has 4 aromatic rings. The number of hydrogen-bond donors (Lipinski definition) is 2. The number of nitrogens with one attached hydrogen (secondary N) is 1. The quantitative estimate of drug-likeness (QED) is 0.203. The van der Waals surface area contributed by atoms with E-state index < -0.39 is 11.9 Å². The van der Waals surface area contributed by atoms with Crippen molar-refractivity contribution in [1.82, 2.24) is 10.4 Å². The van der Waals surface area contributed by atoms with Gasteiger partial charge in [-0.25, -0.2) is 10.2 Å². The minimum Gasteiger partial charge on any atom is -0.507 e. The van der Waals surface area contributed by atoms with Crippen molar-refractivity contribution in [2.24, 2.45) is 5.10 Å². The van der Waals surface area contributed by atoms with Gasteiger partial charge < -0.3 is 14.6 Å². The van der Waals surface area contributed by atoms with Gasteiger partial charge in [-0.1, -0.05) is 24.3 Å². The topological polar surface area (TPSA) is 110 Å². The Labute approximate surface area is 189 Å². The number of hydrogen-bond acceptors (Lipinski definition) is 7. The molecule has 0 atom stereocenters. The number of pyridine rings is 1. The first-order valence-corrected chi connectivity index (χ1v) is 9.90. The van der Waals surface area contributed by atoms with Crippen LogP contribution in [0.15, 0.2) is 84.2 Å². The van der Waals surface area contributed by atoms with Crippen LogP contribution in [0, 0.1) is 0 Å². The van der Waals surface area contributed by atoms with Crippen molar-refractivity contribution in [3.63, 3.8) is 0 Å². The second-order valence-corrected chi connectivity index (χ2v) is 6.96. The number of phenolic OH excluding ortho intramolecular Hbond substituents is 1. The molecule has 33 heavy (non-hydrogen) atoms. The highest BCUT2D eigenvalue weighted by molar-refractivity contribution is 6.01. The van der Waals surface area contributed by atoms with Gasteiger partial charge in [0.05, 0.1) is 24.5 Å². The third kappa shape index (κ3) is 4.96. The number of methoxy groups -OCH3 is 1. The standard InChI is InChI=1S/C25H19N3O5/c1-32-23-11-16(8-9-22(23)33-25(31)19-7-4-10-26-15-19)14-27-28-24(30)20-12-17-5-2-3-6-18(17)13-21(20)29/h2-15,29H,1H3,(H,28,30). The van der Waals surface area contributed by atoms with Crippen LogP contribution in [0.1, 0.15) is 26.3 Å². The fourth-order valence-electron chi connectivity index (χ4n) is 3.13. The van der Waals surface area contributed by atoms with Gasteiger partial charge in [-0.2, -0.15) is 5.10 Å². The van der Waals surface area contributed by atoms with Gasteiger partial charge in [-0.15, -0.1) is 0 Å². The number of carbonyl (C=O) groups excluding carboxylic acids is 2. The monoisotopic (exact) mass is 441 g/mol. The molecule has 0 aliphatic carbocycles. The van der Waals surface area contributed by atoms with Crippen LogP contribution in [0.4, 0.5) is 0 Å². The summed E-state index contributed by atoms with van der Waals surface area (Å²) in [6.45, 7) is 0. The van der Waals surface area contributed by atoms with E-state index in [2.05, 4.69) is 15.5 Å². The lowest BCUT2D eigenvalue weighted by Crippen LogP contribution is -2.17. The van der Waals surface area contributed by atoms with Crippen LogP contribution in [-0.2, 0) is 0 Å². The molecule has 0 saturated carbocycles. The first-order chi connectivity index (χ1) is 16.0. The molecule has 0 spiro atoms. The minimum absolute atomic E-state index is 0.112. The van der Waals surface area contributed by atoms with Gasteiger partial charge in [-0.05, 0) is 58.8 Å². The number of phenols is 1. The molecule has 0 saturated heterocycles. The highest BCUT2D eigenvalue weighted by Crippen LogP contribution is 2.28. The summed E-state index contributed by atoms with van der Waals surface area (Å²) < 4.78 is 10.7. The molecule has 1 aromatic heterocycles. The molecule has 4 rings (SSSR count). The molecule has 0 bridgehead atoms. The van der Waals surface area contributed by atoms with Gasteiger partial charge in [0.1, 0.15) is 5.75 Å². The number of ether oxygens (including phenoxy) is 2. The zero-order valence-electron chi connectivity index (χ0n) is 17.6. The predicted molar refractivity (Wildman–Crippen MR) is 123 cm³/mol. The summed E-state index contributed by atoms with van der Waals surface area (Å²) >= 11 is 0. The van der Waals surface area contributed by atoms with Crippen molar-refractivity contribution < 1.29 is 24.2 Å². The van der Waals surface area contributed by atoms with Crippen molar-refractivity contribution in [2.75, 3.05) is 7.11 Å². The fourth-order valence-corrected chi connectivity index (χ4v) is 3.13. The Morgan fingerprint density at radius 3 is 2.52 bits per heavy atom. The van der Waals surface area contributed by atoms with Crippen LogP contribution < -0.4 is 14.9 Å². The molecular weight excluding hydrogens is 422 g/mol. The summed E-state index contributed by atoms with van der Waals surface area (Å²) in [6, 6.07) is 18.6. The minimum atomic E-state index is -0.565. The maximum Gasteiger partial charge on any atom is 0.345 e. The highest BCUT2D eigenvalue weighted by atomic mass is 16.6. The average Bonchev–Trinajstić information content (AvgIpc) is 2.84. The first-order valence-electron chi connectivity index (χ1n) is 9.90. The first kappa shape index (κ1) is 21.5. The number of benzene rings is 3. The number of hydrazone groups is 1. The summed E-state index contributed by atoms with van der Waals surface area (Å²) in [7, 11) is 1.45. The van der Waals surface area contributed by atoms with Crippen molar-refractivity contribution in [3.8, 4) is 17.2 Å². The van der Waals surface area contributed by atoms with E-state index in [1.54, 1.807) is 42.6 Å². The molecule has 0 aliphatic heterocycles. The molecule has 8 nitrogen and oxygen atoms in total. The van der Waals surface area contributed by atoms with E-state index in [4.69, 9.17) is 9.47 Å². The van der Waals surface area contributed by atoms with Crippen LogP contribution in [-0.4, -0.2) is 35.3 Å². The Morgan fingerprint density at radius 1 is 1.00 bits per heavy atom. The molecule has 0 radical (unpaired) electrons. The Morgan fingerprint density at radius 2 is 1.79 bits per heavy atom. The van der Waals surface area contributed by atoms with E-state index in [0.717, 1.165) is 10.8 Å². The zero-order valence-corrected chi connectivity index (χ0v) is 17.6. The predicted octanol–water partition coefficient (Wildman–Crippen LogP) is 3.93. The van der Waals surface area contributed by atoms with Gasteiger partial charge in [0.25, 0.3) is 5.91 Å². The molecule has 0 aliphatic rings. The van der Waals surface area contributed by atoms with Crippen molar-refractivity contribution in [3.05, 3.63) is 95.8 Å². The molecule has 0 fully saturated rings. The summed E-state index contributed by atoms with van der Waals surface area (Å²) in [4.78, 5) is 28.6. The number of esters is 1. The van der Waals surface area contributed by atoms with E-state index in [9.17, 15) is 14.7 Å². The summed E-state index contributed by atoms with van der Waals surface area (Å²) in [6.07, 6.45) is 4.38. The number of nitrogens with zero attached hydrogens (tertiary/aromatic N) is 2. The van der Waals surface area contributed by atoms with Gasteiger partial charge in [0, 0.05) is 12.4 Å². The van der Waals surface area contributed by atoms with E-state index in [1.165, 1.54) is 25.6 Å². The van der Waals surface area contributed by atoms with Crippen LogP contribution in [0.2, 0.25) is 0 Å². The number of fused-ring (bicyclic) bond motifs is 1. The fraction of sp³-hybridized carbons (Fsp3) is 0.0400. The average molecular weight is 441 g/mol. The molecule has 3 aromatic carbocycles. The number of rotatable bonds is 6. The highest BCUT2D eigenvalue weighted by Gasteiger charge is 2.14. The smallest absolute Gasteiger partial charge is 0.345 e. The van der Waals surface area contributed by atoms with Gasteiger partial charge in [0.15, 0.2) is 11.5 Å². The Hall–Kier alpha value is -4.72. The molecule has 1 amide bonds. The Kier molecular flexibility index (Phi) is 6.26. The Balaban J connectivity index is 1.45. The third-order valence-corrected chi connectivity index (χ3v) is 4.78. The number of aromatic hydroxyl groups is 1. The second-order valence-electron chi connectivity index (χ2n) is 6.96. The van der Waals surface area contributed by atoms with Gasteiger partial charge >= 0.3 is 5.97 Å². The SMILES string of the molecule is COc1cc(C=NNC(=O)c2cc3ccccc3cc2O)ccc1OC(=O)c1cccnc1. The van der Waals surface area contributed by atoms with E-state index in [0.29, 0.717) is 16.9 Å². The molecule has 1 heterocycles. The molecule has 8 heteroatoms. The Bertz CT molecular complexity index is 1350. The van der Waals surface area contributed by atoms with Crippen LogP contribution in [0.25, 0.3) is 10.8 Å². The zero-order chi connectivity index (χ0) is 23.2. The lowest BCUT2D eigenvalue weighted by Gasteiger charge is -2.10. The molecular formula is C25H19N3O5. The number of carbonyl (C=O) groups is 2. The van der Waals surface area contributed by atoms with Crippen molar-refractivity contribution in [2.45, 2.75) is 0 Å². The third-order valence-electron chi connectivity index (χ3n) is 4.78. The second kappa shape index (κ2) is 9.61. The van der Waals surface area contributed by atoms with E-state index in [-0.39, 0.29) is 17.1 Å². The molecule has 0 unspecified atom stereocenters. The molecule has 164 valence electrons. The van der Waals surface area contributed by atoms with Gasteiger partial charge in [-0.3, -0.25) is 9.78 Å². The summed E-state index contributed by atoms with van der Waals surface area (Å²) in [5.74, 6) is -0.708. The van der Waals surface area contributed by atoms with Crippen LogP contribution >= 0.6 is 0 Å². The maximum absolute atomic E-state index is 12.5. The van der Waals surface area contributed by atoms with Crippen molar-refractivity contribution >= 4 is 28.9 Å². The van der Waals surface area contributed by atoms with Gasteiger partial charge in [0.2, 0.25) is 0 Å². The number of aromatic nitrogens is 1. The van der Waals surface area contributed by atoms with Crippen LogP contribution in [0.5, 0.6) is 17.2 Å². The van der Waals surface area contributed by atoms with Crippen molar-refractivity contribution in [1.29, 1.82) is 0 Å². The number of amides is 1. The lowest BCUT2D eigenvalue weighted by atomic mass is 10.1. The summed E-state index contributed by atoms with van der Waals surface area (Å²) in [5, 5.41) is 15.8. The maximum atomic E-state index is 12.5. The summed E-state index contributed by atoms with van der Waals surface area (Å²) in [5.41, 5.74) is 3.41. The van der Waals surface area contributed by atoms with E-state index in [1.807, 2.05) is 24.3 Å². The molecule has 2 N–H and O–H groups in total. The van der Waals surface area contributed by atoms with Crippen LogP contribution in [0.3, 0.4) is 0 Å². The lowest BCUT2D eigenvalue weighted by molar-refractivity contribution is 0.0729. The normalized spacial score (nSPS) is 10.8.